The molecule has 0 unspecified atom stereocenters. The first-order valence-corrected chi connectivity index (χ1v) is 7.33. The van der Waals surface area contributed by atoms with Crippen LogP contribution >= 0.6 is 11.3 Å². The third kappa shape index (κ3) is 1.91. The fourth-order valence-electron chi connectivity index (χ4n) is 2.70. The van der Waals surface area contributed by atoms with Crippen molar-refractivity contribution >= 4 is 22.1 Å². The van der Waals surface area contributed by atoms with Crippen molar-refractivity contribution < 1.29 is 0 Å². The molecule has 2 aromatic heterocycles. The maximum atomic E-state index is 4.81. The molecule has 18 heavy (non-hydrogen) atoms. The van der Waals surface area contributed by atoms with E-state index >= 15 is 0 Å². The number of nitrogens with zero attached hydrogens (tertiary/aromatic N) is 3. The van der Waals surface area contributed by atoms with Crippen molar-refractivity contribution in [3.8, 4) is 0 Å². The van der Waals surface area contributed by atoms with Gasteiger partial charge < -0.3 is 10.2 Å². The van der Waals surface area contributed by atoms with E-state index in [1.54, 1.807) is 11.3 Å². The molecule has 0 radical (unpaired) electrons. The van der Waals surface area contributed by atoms with E-state index in [-0.39, 0.29) is 0 Å². The third-order valence-corrected chi connectivity index (χ3v) is 4.42. The van der Waals surface area contributed by atoms with Crippen LogP contribution in [-0.2, 0) is 6.54 Å². The van der Waals surface area contributed by atoms with Crippen LogP contribution in [0.2, 0.25) is 0 Å². The molecule has 1 aliphatic heterocycles. The standard InChI is InChI=1S/C13H20N4S/c1-13(2)4-5-16(9-13)11-10(8-14-3)17-6-7-18-12(17)15-11/h6-7,14H,4-5,8-9H2,1-3H3. The van der Waals surface area contributed by atoms with Gasteiger partial charge in [0.1, 0.15) is 0 Å². The first-order valence-electron chi connectivity index (χ1n) is 6.45. The molecule has 5 heteroatoms. The van der Waals surface area contributed by atoms with Crippen molar-refractivity contribution in [1.82, 2.24) is 14.7 Å². The van der Waals surface area contributed by atoms with Gasteiger partial charge in [-0.15, -0.1) is 11.3 Å². The SMILES string of the molecule is CNCc1c(N2CCC(C)(C)C2)nc2sccn12. The number of hydrogen-bond acceptors (Lipinski definition) is 4. The second-order valence-corrected chi connectivity index (χ2v) is 6.68. The maximum absolute atomic E-state index is 4.81. The molecule has 98 valence electrons. The zero-order valence-corrected chi connectivity index (χ0v) is 12.0. The smallest absolute Gasteiger partial charge is 0.195 e. The minimum absolute atomic E-state index is 0.411. The Hall–Kier alpha value is -1.07. The minimum Gasteiger partial charge on any atom is -0.354 e. The van der Waals surface area contributed by atoms with Crippen LogP contribution in [0.4, 0.5) is 5.82 Å². The highest BCUT2D eigenvalue weighted by Gasteiger charge is 2.32. The third-order valence-electron chi connectivity index (χ3n) is 3.66. The Bertz CT molecular complexity index is 554. The summed E-state index contributed by atoms with van der Waals surface area (Å²) in [4.78, 5) is 8.34. The number of rotatable bonds is 3. The summed E-state index contributed by atoms with van der Waals surface area (Å²) in [5.74, 6) is 1.17. The number of fused-ring (bicyclic) bond motifs is 1. The number of nitrogens with one attached hydrogen (secondary N) is 1. The van der Waals surface area contributed by atoms with Gasteiger partial charge in [0.05, 0.1) is 5.69 Å². The van der Waals surface area contributed by atoms with Crippen molar-refractivity contribution in [3.63, 3.8) is 0 Å². The van der Waals surface area contributed by atoms with E-state index in [1.165, 1.54) is 17.9 Å². The molecule has 0 amide bonds. The molecule has 0 saturated carbocycles. The van der Waals surface area contributed by atoms with Gasteiger partial charge in [0.15, 0.2) is 10.8 Å². The molecule has 1 fully saturated rings. The second-order valence-electron chi connectivity index (χ2n) is 5.80. The van der Waals surface area contributed by atoms with E-state index < -0.39 is 0 Å². The van der Waals surface area contributed by atoms with E-state index in [4.69, 9.17) is 4.98 Å². The molecular weight excluding hydrogens is 244 g/mol. The highest BCUT2D eigenvalue weighted by Crippen LogP contribution is 2.34. The molecule has 0 spiro atoms. The van der Waals surface area contributed by atoms with Gasteiger partial charge in [-0.1, -0.05) is 13.8 Å². The number of aromatic nitrogens is 2. The summed E-state index contributed by atoms with van der Waals surface area (Å²) in [6.45, 7) is 7.76. The van der Waals surface area contributed by atoms with Gasteiger partial charge in [-0.3, -0.25) is 4.40 Å². The Kier molecular flexibility index (Phi) is 2.83. The molecule has 4 nitrogen and oxygen atoms in total. The van der Waals surface area contributed by atoms with Gasteiger partial charge in [-0.05, 0) is 18.9 Å². The number of imidazole rings is 1. The van der Waals surface area contributed by atoms with Crippen molar-refractivity contribution in [2.24, 2.45) is 5.41 Å². The molecule has 0 aliphatic carbocycles. The van der Waals surface area contributed by atoms with E-state index in [2.05, 4.69) is 40.0 Å². The van der Waals surface area contributed by atoms with Gasteiger partial charge in [-0.2, -0.15) is 0 Å². The number of anilines is 1. The molecular formula is C13H20N4S. The van der Waals surface area contributed by atoms with Crippen molar-refractivity contribution in [1.29, 1.82) is 0 Å². The molecule has 1 saturated heterocycles. The molecule has 0 atom stereocenters. The average molecular weight is 264 g/mol. The monoisotopic (exact) mass is 264 g/mol. The lowest BCUT2D eigenvalue weighted by Gasteiger charge is -2.20. The van der Waals surface area contributed by atoms with Crippen molar-refractivity contribution in [2.75, 3.05) is 25.0 Å². The summed E-state index contributed by atoms with van der Waals surface area (Å²) in [7, 11) is 1.99. The Morgan fingerprint density at radius 3 is 3.00 bits per heavy atom. The Morgan fingerprint density at radius 2 is 2.33 bits per heavy atom. The number of thiazole rings is 1. The average Bonchev–Trinajstić information content (AvgIpc) is 2.95. The quantitative estimate of drug-likeness (QED) is 0.923. The fourth-order valence-corrected chi connectivity index (χ4v) is 3.43. The first-order chi connectivity index (χ1) is 8.61. The van der Waals surface area contributed by atoms with Gasteiger partial charge in [-0.25, -0.2) is 4.98 Å². The predicted octanol–water partition coefficient (Wildman–Crippen LogP) is 2.35. The topological polar surface area (TPSA) is 32.6 Å². The predicted molar refractivity (Wildman–Crippen MR) is 76.4 cm³/mol. The Balaban J connectivity index is 2.00. The molecule has 0 bridgehead atoms. The zero-order chi connectivity index (χ0) is 12.8. The van der Waals surface area contributed by atoms with Crippen LogP contribution in [0.5, 0.6) is 0 Å². The van der Waals surface area contributed by atoms with Crippen molar-refractivity contribution in [2.45, 2.75) is 26.8 Å². The second kappa shape index (κ2) is 4.24. The molecule has 1 aliphatic rings. The molecule has 3 rings (SSSR count). The van der Waals surface area contributed by atoms with Crippen LogP contribution in [0.15, 0.2) is 11.6 Å². The highest BCUT2D eigenvalue weighted by molar-refractivity contribution is 7.15. The zero-order valence-electron chi connectivity index (χ0n) is 11.2. The lowest BCUT2D eigenvalue weighted by atomic mass is 9.93. The summed E-state index contributed by atoms with van der Waals surface area (Å²) >= 11 is 1.70. The largest absolute Gasteiger partial charge is 0.354 e. The maximum Gasteiger partial charge on any atom is 0.195 e. The molecule has 3 heterocycles. The lowest BCUT2D eigenvalue weighted by molar-refractivity contribution is 0.418. The summed E-state index contributed by atoms with van der Waals surface area (Å²) in [6.07, 6.45) is 3.36. The summed E-state index contributed by atoms with van der Waals surface area (Å²) in [5.41, 5.74) is 1.69. The van der Waals surface area contributed by atoms with Crippen LogP contribution in [0.3, 0.4) is 0 Å². The Labute approximate surface area is 112 Å². The fraction of sp³-hybridized carbons (Fsp3) is 0.615. The van der Waals surface area contributed by atoms with Gasteiger partial charge in [0, 0.05) is 31.2 Å². The van der Waals surface area contributed by atoms with Crippen molar-refractivity contribution in [3.05, 3.63) is 17.3 Å². The van der Waals surface area contributed by atoms with Crippen LogP contribution in [0, 0.1) is 5.41 Å². The van der Waals surface area contributed by atoms with E-state index in [1.807, 2.05) is 7.05 Å². The van der Waals surface area contributed by atoms with Gasteiger partial charge >= 0.3 is 0 Å². The molecule has 2 aromatic rings. The van der Waals surface area contributed by atoms with Crippen LogP contribution in [0.25, 0.3) is 4.96 Å². The van der Waals surface area contributed by atoms with Crippen LogP contribution in [-0.4, -0.2) is 29.5 Å². The van der Waals surface area contributed by atoms with Crippen LogP contribution in [0.1, 0.15) is 26.0 Å². The first kappa shape index (κ1) is 12.0. The lowest BCUT2D eigenvalue weighted by Crippen LogP contribution is -2.25. The van der Waals surface area contributed by atoms with Gasteiger partial charge in [0.25, 0.3) is 0 Å². The van der Waals surface area contributed by atoms with E-state index in [0.29, 0.717) is 5.41 Å². The highest BCUT2D eigenvalue weighted by atomic mass is 32.1. The summed E-state index contributed by atoms with van der Waals surface area (Å²) in [5, 5.41) is 5.35. The minimum atomic E-state index is 0.411. The summed E-state index contributed by atoms with van der Waals surface area (Å²) in [6, 6.07) is 0. The van der Waals surface area contributed by atoms with Crippen LogP contribution < -0.4 is 10.2 Å². The van der Waals surface area contributed by atoms with E-state index in [0.717, 1.165) is 24.6 Å². The Morgan fingerprint density at radius 1 is 1.50 bits per heavy atom. The van der Waals surface area contributed by atoms with Gasteiger partial charge in [0.2, 0.25) is 0 Å². The van der Waals surface area contributed by atoms with E-state index in [9.17, 15) is 0 Å². The number of hydrogen-bond donors (Lipinski definition) is 1. The molecule has 1 N–H and O–H groups in total. The summed E-state index contributed by atoms with van der Waals surface area (Å²) < 4.78 is 2.21. The normalized spacial score (nSPS) is 18.9. The molecule has 0 aromatic carbocycles.